The van der Waals surface area contributed by atoms with Gasteiger partial charge < -0.3 is 10.1 Å². The van der Waals surface area contributed by atoms with Gasteiger partial charge in [-0.05, 0) is 24.3 Å². The van der Waals surface area contributed by atoms with Crippen molar-refractivity contribution in [2.45, 2.75) is 0 Å². The van der Waals surface area contributed by atoms with Gasteiger partial charge in [0.05, 0.1) is 17.7 Å². The number of ether oxygens (including phenoxy) is 1. The molecule has 0 fully saturated rings. The molecule has 6 heteroatoms. The molecule has 1 heterocycles. The molecular formula is C13H10Cl2N2O2. The monoisotopic (exact) mass is 296 g/mol. The lowest BCUT2D eigenvalue weighted by Gasteiger charge is -2.08. The van der Waals surface area contributed by atoms with Gasteiger partial charge in [0.2, 0.25) is 0 Å². The second-order valence-electron chi connectivity index (χ2n) is 3.67. The van der Waals surface area contributed by atoms with Crippen LogP contribution < -0.4 is 10.1 Å². The fraction of sp³-hybridized carbons (Fsp3) is 0.0769. The van der Waals surface area contributed by atoms with Crippen LogP contribution in [0.1, 0.15) is 10.4 Å². The lowest BCUT2D eigenvalue weighted by molar-refractivity contribution is 0.102. The first-order chi connectivity index (χ1) is 9.10. The summed E-state index contributed by atoms with van der Waals surface area (Å²) in [5.41, 5.74) is 1.000. The molecule has 19 heavy (non-hydrogen) atoms. The summed E-state index contributed by atoms with van der Waals surface area (Å²) in [7, 11) is 1.51. The molecule has 2 rings (SSSR count). The van der Waals surface area contributed by atoms with Crippen LogP contribution in [0.5, 0.6) is 5.75 Å². The zero-order valence-corrected chi connectivity index (χ0v) is 11.5. The number of nitrogens with one attached hydrogen (secondary N) is 1. The quantitative estimate of drug-likeness (QED) is 0.880. The molecule has 0 bridgehead atoms. The number of hydrogen-bond donors (Lipinski definition) is 1. The van der Waals surface area contributed by atoms with Crippen molar-refractivity contribution in [2.24, 2.45) is 0 Å². The van der Waals surface area contributed by atoms with Crippen molar-refractivity contribution in [3.63, 3.8) is 0 Å². The Morgan fingerprint density at radius 3 is 2.68 bits per heavy atom. The summed E-state index contributed by atoms with van der Waals surface area (Å²) in [6.45, 7) is 0. The largest absolute Gasteiger partial charge is 0.495 e. The minimum absolute atomic E-state index is 0.284. The zero-order chi connectivity index (χ0) is 13.8. The van der Waals surface area contributed by atoms with Gasteiger partial charge in [-0.1, -0.05) is 23.2 Å². The smallest absolute Gasteiger partial charge is 0.257 e. The van der Waals surface area contributed by atoms with E-state index in [9.17, 15) is 4.79 Å². The Balaban J connectivity index is 2.17. The molecule has 0 aliphatic rings. The molecule has 1 aromatic heterocycles. The highest BCUT2D eigenvalue weighted by Gasteiger charge is 2.08. The van der Waals surface area contributed by atoms with Crippen LogP contribution in [0.15, 0.2) is 36.5 Å². The summed E-state index contributed by atoms with van der Waals surface area (Å²) in [5, 5.41) is 3.54. The van der Waals surface area contributed by atoms with E-state index in [0.29, 0.717) is 27.2 Å². The highest BCUT2D eigenvalue weighted by atomic mass is 35.5. The Hall–Kier alpha value is -1.78. The van der Waals surface area contributed by atoms with Crippen LogP contribution in [0.2, 0.25) is 10.2 Å². The summed E-state index contributed by atoms with van der Waals surface area (Å²) < 4.78 is 5.08. The van der Waals surface area contributed by atoms with Gasteiger partial charge in [0.25, 0.3) is 5.91 Å². The second kappa shape index (κ2) is 5.91. The van der Waals surface area contributed by atoms with Crippen LogP contribution in [-0.4, -0.2) is 18.0 Å². The first-order valence-corrected chi connectivity index (χ1v) is 6.12. The third-order valence-electron chi connectivity index (χ3n) is 2.40. The molecule has 0 aliphatic carbocycles. The Bertz CT molecular complexity index is 600. The fourth-order valence-electron chi connectivity index (χ4n) is 1.45. The molecular weight excluding hydrogens is 287 g/mol. The Morgan fingerprint density at radius 1 is 1.26 bits per heavy atom. The maximum absolute atomic E-state index is 11.9. The van der Waals surface area contributed by atoms with Crippen molar-refractivity contribution in [1.29, 1.82) is 0 Å². The van der Waals surface area contributed by atoms with E-state index in [1.54, 1.807) is 30.3 Å². The van der Waals surface area contributed by atoms with Gasteiger partial charge in [0, 0.05) is 18.0 Å². The first-order valence-electron chi connectivity index (χ1n) is 5.36. The molecule has 0 unspecified atom stereocenters. The van der Waals surface area contributed by atoms with Gasteiger partial charge >= 0.3 is 0 Å². The molecule has 0 radical (unpaired) electrons. The van der Waals surface area contributed by atoms with Gasteiger partial charge in [-0.2, -0.15) is 0 Å². The van der Waals surface area contributed by atoms with Crippen molar-refractivity contribution >= 4 is 34.8 Å². The van der Waals surface area contributed by atoms with Crippen LogP contribution in [0.25, 0.3) is 0 Å². The molecule has 2 aromatic rings. The second-order valence-corrected chi connectivity index (χ2v) is 4.47. The normalized spacial score (nSPS) is 10.1. The van der Waals surface area contributed by atoms with Gasteiger partial charge in [-0.25, -0.2) is 4.98 Å². The van der Waals surface area contributed by atoms with Crippen LogP contribution >= 0.6 is 23.2 Å². The van der Waals surface area contributed by atoms with Crippen LogP contribution in [0, 0.1) is 0 Å². The third-order valence-corrected chi connectivity index (χ3v) is 2.93. The lowest BCUT2D eigenvalue weighted by Crippen LogP contribution is -2.12. The lowest BCUT2D eigenvalue weighted by atomic mass is 10.2. The number of rotatable bonds is 3. The summed E-state index contributed by atoms with van der Waals surface area (Å²) >= 11 is 11.6. The maximum atomic E-state index is 11.9. The number of benzene rings is 1. The van der Waals surface area contributed by atoms with Gasteiger partial charge in [-0.15, -0.1) is 0 Å². The van der Waals surface area contributed by atoms with Crippen molar-refractivity contribution in [3.05, 3.63) is 52.3 Å². The maximum Gasteiger partial charge on any atom is 0.257 e. The number of nitrogens with zero attached hydrogens (tertiary/aromatic N) is 1. The van der Waals surface area contributed by atoms with Crippen molar-refractivity contribution in [1.82, 2.24) is 4.98 Å². The Morgan fingerprint density at radius 2 is 2.05 bits per heavy atom. The van der Waals surface area contributed by atoms with Crippen LogP contribution in [-0.2, 0) is 0 Å². The highest BCUT2D eigenvalue weighted by Crippen LogP contribution is 2.27. The number of halogens is 2. The minimum atomic E-state index is -0.284. The number of anilines is 1. The van der Waals surface area contributed by atoms with E-state index in [1.165, 1.54) is 13.3 Å². The molecule has 4 nitrogen and oxygen atoms in total. The summed E-state index contributed by atoms with van der Waals surface area (Å²) in [4.78, 5) is 15.8. The third kappa shape index (κ3) is 3.36. The predicted molar refractivity (Wildman–Crippen MR) is 75.2 cm³/mol. The van der Waals surface area contributed by atoms with Crippen LogP contribution in [0.3, 0.4) is 0 Å². The van der Waals surface area contributed by atoms with Crippen molar-refractivity contribution in [2.75, 3.05) is 12.4 Å². The first kappa shape index (κ1) is 13.6. The molecule has 0 saturated carbocycles. The molecule has 98 valence electrons. The molecule has 0 atom stereocenters. The number of hydrogen-bond acceptors (Lipinski definition) is 3. The van der Waals surface area contributed by atoms with Crippen molar-refractivity contribution < 1.29 is 9.53 Å². The number of methoxy groups -OCH3 is 1. The Kier molecular flexibility index (Phi) is 4.24. The van der Waals surface area contributed by atoms with Crippen molar-refractivity contribution in [3.8, 4) is 5.75 Å². The summed E-state index contributed by atoms with van der Waals surface area (Å²) in [6, 6.07) is 8.13. The molecule has 1 aromatic carbocycles. The van der Waals surface area contributed by atoms with E-state index in [2.05, 4.69) is 10.3 Å². The number of aromatic nitrogens is 1. The standard InChI is InChI=1S/C13H10Cl2N2O2/c1-19-11-6-9(3-4-10(11)14)17-13(18)8-2-5-12(15)16-7-8/h2-7H,1H3,(H,17,18). The van der Waals surface area contributed by atoms with E-state index < -0.39 is 0 Å². The number of pyridine rings is 1. The number of carbonyl (C=O) groups excluding carboxylic acids is 1. The van der Waals surface area contributed by atoms with Gasteiger partial charge in [0.15, 0.2) is 0 Å². The summed E-state index contributed by atoms with van der Waals surface area (Å²) in [5.74, 6) is 0.210. The van der Waals surface area contributed by atoms with E-state index >= 15 is 0 Å². The van der Waals surface area contributed by atoms with E-state index in [1.807, 2.05) is 0 Å². The molecule has 0 spiro atoms. The predicted octanol–water partition coefficient (Wildman–Crippen LogP) is 3.65. The summed E-state index contributed by atoms with van der Waals surface area (Å²) in [6.07, 6.45) is 1.41. The minimum Gasteiger partial charge on any atom is -0.495 e. The van der Waals surface area contributed by atoms with Gasteiger partial charge in [0.1, 0.15) is 10.9 Å². The van der Waals surface area contributed by atoms with E-state index in [-0.39, 0.29) is 5.91 Å². The zero-order valence-electron chi connectivity index (χ0n) is 9.98. The molecule has 0 saturated heterocycles. The average Bonchev–Trinajstić information content (AvgIpc) is 2.41. The fourth-order valence-corrected chi connectivity index (χ4v) is 1.76. The number of carbonyl (C=O) groups is 1. The van der Waals surface area contributed by atoms with Crippen LogP contribution in [0.4, 0.5) is 5.69 Å². The average molecular weight is 297 g/mol. The SMILES string of the molecule is COc1cc(NC(=O)c2ccc(Cl)nc2)ccc1Cl. The molecule has 1 amide bonds. The number of amides is 1. The van der Waals surface area contributed by atoms with E-state index in [0.717, 1.165) is 0 Å². The molecule has 1 N–H and O–H groups in total. The highest BCUT2D eigenvalue weighted by molar-refractivity contribution is 6.32. The van der Waals surface area contributed by atoms with E-state index in [4.69, 9.17) is 27.9 Å². The topological polar surface area (TPSA) is 51.2 Å². The van der Waals surface area contributed by atoms with Gasteiger partial charge in [-0.3, -0.25) is 4.79 Å². The Labute approximate surface area is 120 Å². The molecule has 0 aliphatic heterocycles.